The van der Waals surface area contributed by atoms with Gasteiger partial charge in [-0.25, -0.2) is 9.97 Å². The van der Waals surface area contributed by atoms with Crippen LogP contribution in [-0.2, 0) is 0 Å². The molecule has 2 saturated heterocycles. The Kier molecular flexibility index (Phi) is 6.04. The summed E-state index contributed by atoms with van der Waals surface area (Å²) < 4.78 is 0. The van der Waals surface area contributed by atoms with Crippen molar-refractivity contribution in [3.63, 3.8) is 0 Å². The molecule has 1 N–H and O–H groups in total. The first kappa shape index (κ1) is 18.7. The van der Waals surface area contributed by atoms with E-state index in [1.165, 1.54) is 37.8 Å². The lowest BCUT2D eigenvalue weighted by Gasteiger charge is -2.28. The largest absolute Gasteiger partial charge is 0.372 e. The number of nitrogens with one attached hydrogen (secondary N) is 1. The van der Waals surface area contributed by atoms with Crippen molar-refractivity contribution >= 4 is 23.1 Å². The lowest BCUT2D eigenvalue weighted by Crippen LogP contribution is -2.32. The molecule has 0 spiro atoms. The molecule has 2 aliphatic rings. The Morgan fingerprint density at radius 1 is 0.786 bits per heavy atom. The number of benzene rings is 1. The van der Waals surface area contributed by atoms with Crippen LogP contribution in [0.1, 0.15) is 55.4 Å². The highest BCUT2D eigenvalue weighted by Gasteiger charge is 2.18. The van der Waals surface area contributed by atoms with Crippen molar-refractivity contribution in [1.82, 2.24) is 14.9 Å². The second kappa shape index (κ2) is 9.04. The van der Waals surface area contributed by atoms with Gasteiger partial charge in [-0.2, -0.15) is 0 Å². The van der Waals surface area contributed by atoms with Crippen LogP contribution in [0.4, 0.5) is 17.2 Å². The van der Waals surface area contributed by atoms with Gasteiger partial charge in [0, 0.05) is 37.6 Å². The van der Waals surface area contributed by atoms with Gasteiger partial charge in [0.15, 0.2) is 0 Å². The molecule has 2 fully saturated rings. The van der Waals surface area contributed by atoms with E-state index < -0.39 is 0 Å². The van der Waals surface area contributed by atoms with Crippen LogP contribution in [0, 0.1) is 0 Å². The summed E-state index contributed by atoms with van der Waals surface area (Å²) in [5.41, 5.74) is 2.67. The molecular weight excluding hydrogens is 350 g/mol. The topological polar surface area (TPSA) is 61.4 Å². The molecule has 148 valence electrons. The Labute approximate surface area is 167 Å². The Balaban J connectivity index is 1.36. The van der Waals surface area contributed by atoms with Crippen molar-refractivity contribution < 1.29 is 4.79 Å². The highest BCUT2D eigenvalue weighted by atomic mass is 16.2. The summed E-state index contributed by atoms with van der Waals surface area (Å²) in [6, 6.07) is 8.44. The third-order valence-electron chi connectivity index (χ3n) is 5.63. The van der Waals surface area contributed by atoms with Crippen LogP contribution < -0.4 is 10.2 Å². The van der Waals surface area contributed by atoms with Gasteiger partial charge in [0.25, 0.3) is 5.91 Å². The summed E-state index contributed by atoms with van der Waals surface area (Å²) >= 11 is 0. The predicted molar refractivity (Wildman–Crippen MR) is 112 cm³/mol. The third-order valence-corrected chi connectivity index (χ3v) is 5.63. The molecule has 0 atom stereocenters. The van der Waals surface area contributed by atoms with Crippen LogP contribution in [-0.4, -0.2) is 47.0 Å². The van der Waals surface area contributed by atoms with E-state index >= 15 is 0 Å². The average molecular weight is 380 g/mol. The van der Waals surface area contributed by atoms with E-state index in [9.17, 15) is 4.79 Å². The minimum absolute atomic E-state index is 0.00756. The molecule has 1 aromatic heterocycles. The van der Waals surface area contributed by atoms with Crippen molar-refractivity contribution in [3.05, 3.63) is 42.4 Å². The number of carbonyl (C=O) groups is 1. The zero-order valence-electron chi connectivity index (χ0n) is 16.4. The molecule has 2 aliphatic heterocycles. The van der Waals surface area contributed by atoms with E-state index in [-0.39, 0.29) is 5.91 Å². The molecule has 2 aromatic rings. The number of amides is 1. The maximum Gasteiger partial charge on any atom is 0.274 e. The van der Waals surface area contributed by atoms with Gasteiger partial charge in [0.05, 0.1) is 12.4 Å². The maximum atomic E-state index is 12.6. The van der Waals surface area contributed by atoms with E-state index in [0.717, 1.165) is 44.7 Å². The molecule has 28 heavy (non-hydrogen) atoms. The molecule has 0 aliphatic carbocycles. The second-order valence-corrected chi connectivity index (χ2v) is 7.71. The van der Waals surface area contributed by atoms with Crippen LogP contribution in [0.25, 0.3) is 0 Å². The fourth-order valence-corrected chi connectivity index (χ4v) is 3.99. The summed E-state index contributed by atoms with van der Waals surface area (Å²) in [5, 5.41) is 3.27. The minimum Gasteiger partial charge on any atom is -0.372 e. The van der Waals surface area contributed by atoms with E-state index in [0.29, 0.717) is 11.5 Å². The average Bonchev–Trinajstić information content (AvgIpc) is 3.05. The first-order chi connectivity index (χ1) is 13.8. The van der Waals surface area contributed by atoms with Gasteiger partial charge >= 0.3 is 0 Å². The van der Waals surface area contributed by atoms with Crippen LogP contribution in [0.3, 0.4) is 0 Å². The Morgan fingerprint density at radius 3 is 2.07 bits per heavy atom. The number of piperidine rings is 1. The molecule has 1 amide bonds. The summed E-state index contributed by atoms with van der Waals surface area (Å²) in [6.45, 7) is 3.93. The van der Waals surface area contributed by atoms with Crippen LogP contribution in [0.15, 0.2) is 36.7 Å². The van der Waals surface area contributed by atoms with E-state index in [1.54, 1.807) is 12.4 Å². The standard InChI is InChI=1S/C22H29N5O/c28-22(27-14-4-1-2-5-15-27)20-16-24-21(17-23-20)25-18-8-10-19(11-9-18)26-12-6-3-7-13-26/h8-11,16-17H,1-7,12-15H2,(H,24,25). The number of carbonyl (C=O) groups excluding carboxylic acids is 1. The quantitative estimate of drug-likeness (QED) is 0.861. The number of nitrogens with zero attached hydrogens (tertiary/aromatic N) is 4. The van der Waals surface area contributed by atoms with Gasteiger partial charge < -0.3 is 15.1 Å². The fraction of sp³-hybridized carbons (Fsp3) is 0.500. The molecular formula is C22H29N5O. The number of hydrogen-bond donors (Lipinski definition) is 1. The van der Waals surface area contributed by atoms with Crippen LogP contribution in [0.5, 0.6) is 0 Å². The SMILES string of the molecule is O=C(c1cnc(Nc2ccc(N3CCCCC3)cc2)cn1)N1CCCCCC1. The normalized spacial score (nSPS) is 17.9. The summed E-state index contributed by atoms with van der Waals surface area (Å²) in [4.78, 5) is 25.7. The van der Waals surface area contributed by atoms with E-state index in [2.05, 4.69) is 44.5 Å². The lowest BCUT2D eigenvalue weighted by molar-refractivity contribution is 0.0755. The number of anilines is 3. The number of hydrogen-bond acceptors (Lipinski definition) is 5. The molecule has 0 unspecified atom stereocenters. The first-order valence-electron chi connectivity index (χ1n) is 10.5. The van der Waals surface area contributed by atoms with Crippen molar-refractivity contribution in [1.29, 1.82) is 0 Å². The van der Waals surface area contributed by atoms with E-state index in [4.69, 9.17) is 0 Å². The Morgan fingerprint density at radius 2 is 1.43 bits per heavy atom. The zero-order valence-corrected chi connectivity index (χ0v) is 16.4. The maximum absolute atomic E-state index is 12.6. The Bertz CT molecular complexity index is 761. The molecule has 0 saturated carbocycles. The lowest BCUT2D eigenvalue weighted by atomic mass is 10.1. The third kappa shape index (κ3) is 4.61. The zero-order chi connectivity index (χ0) is 19.2. The number of likely N-dealkylation sites (tertiary alicyclic amines) is 1. The second-order valence-electron chi connectivity index (χ2n) is 7.71. The Hall–Kier alpha value is -2.63. The number of aromatic nitrogens is 2. The van der Waals surface area contributed by atoms with Gasteiger partial charge in [0.2, 0.25) is 0 Å². The summed E-state index contributed by atoms with van der Waals surface area (Å²) in [5.74, 6) is 0.643. The smallest absolute Gasteiger partial charge is 0.274 e. The van der Waals surface area contributed by atoms with Gasteiger partial charge in [-0.3, -0.25) is 4.79 Å². The monoisotopic (exact) mass is 379 g/mol. The molecule has 0 bridgehead atoms. The van der Waals surface area contributed by atoms with Crippen molar-refractivity contribution in [3.8, 4) is 0 Å². The molecule has 4 rings (SSSR count). The molecule has 0 radical (unpaired) electrons. The van der Waals surface area contributed by atoms with Crippen molar-refractivity contribution in [2.75, 3.05) is 36.4 Å². The van der Waals surface area contributed by atoms with Crippen molar-refractivity contribution in [2.45, 2.75) is 44.9 Å². The molecule has 6 nitrogen and oxygen atoms in total. The number of rotatable bonds is 4. The minimum atomic E-state index is -0.00756. The fourth-order valence-electron chi connectivity index (χ4n) is 3.99. The first-order valence-corrected chi connectivity index (χ1v) is 10.5. The molecule has 6 heteroatoms. The molecule has 3 heterocycles. The highest BCUT2D eigenvalue weighted by molar-refractivity contribution is 5.92. The summed E-state index contributed by atoms with van der Waals surface area (Å²) in [6.07, 6.45) is 11.7. The summed E-state index contributed by atoms with van der Waals surface area (Å²) in [7, 11) is 0. The van der Waals surface area contributed by atoms with Gasteiger partial charge in [-0.15, -0.1) is 0 Å². The van der Waals surface area contributed by atoms with Gasteiger partial charge in [-0.1, -0.05) is 12.8 Å². The predicted octanol–water partition coefficient (Wildman–Crippen LogP) is 4.23. The highest BCUT2D eigenvalue weighted by Crippen LogP contribution is 2.23. The van der Waals surface area contributed by atoms with Crippen molar-refractivity contribution in [2.24, 2.45) is 0 Å². The van der Waals surface area contributed by atoms with Gasteiger partial charge in [-0.05, 0) is 56.4 Å². The molecule has 1 aromatic carbocycles. The van der Waals surface area contributed by atoms with Gasteiger partial charge in [0.1, 0.15) is 11.5 Å². The van der Waals surface area contributed by atoms with Crippen LogP contribution in [0.2, 0.25) is 0 Å². The van der Waals surface area contributed by atoms with E-state index in [1.807, 2.05) is 4.90 Å². The van der Waals surface area contributed by atoms with Crippen LogP contribution >= 0.6 is 0 Å².